The molecule has 2 rings (SSSR count). The molecule has 0 amide bonds. The van der Waals surface area contributed by atoms with Crippen molar-refractivity contribution in [3.05, 3.63) is 58.5 Å². The van der Waals surface area contributed by atoms with Crippen molar-refractivity contribution < 1.29 is 38.1 Å². The number of hydrogen-bond donors (Lipinski definition) is 0. The number of nitrogens with zero attached hydrogens (tertiary/aromatic N) is 1. The molecule has 0 saturated carbocycles. The van der Waals surface area contributed by atoms with E-state index in [2.05, 4.69) is 0 Å². The normalized spacial score (nSPS) is 18.2. The zero-order chi connectivity index (χ0) is 25.4. The van der Waals surface area contributed by atoms with Gasteiger partial charge in [0.15, 0.2) is 6.23 Å². The highest BCUT2D eigenvalue weighted by Crippen LogP contribution is 2.41. The molecule has 0 fully saturated rings. The molecule has 184 valence electrons. The lowest BCUT2D eigenvalue weighted by atomic mass is 10.1. The molecule has 9 heteroatoms. The third-order valence-corrected chi connectivity index (χ3v) is 5.46. The fourth-order valence-electron chi connectivity index (χ4n) is 3.27. The Labute approximate surface area is 199 Å². The summed E-state index contributed by atoms with van der Waals surface area (Å²) in [5.41, 5.74) is 2.27. The van der Waals surface area contributed by atoms with Gasteiger partial charge < -0.3 is 23.5 Å². The van der Waals surface area contributed by atoms with E-state index in [1.165, 1.54) is 13.0 Å². The fraction of sp³-hybridized carbons (Fsp3) is 0.440. The molecule has 0 N–H and O–H groups in total. The van der Waals surface area contributed by atoms with E-state index in [1.807, 2.05) is 0 Å². The summed E-state index contributed by atoms with van der Waals surface area (Å²) in [6.07, 6.45) is 5.41. The Kier molecular flexibility index (Phi) is 9.41. The van der Waals surface area contributed by atoms with Gasteiger partial charge in [-0.15, -0.1) is 0 Å². The minimum absolute atomic E-state index is 0.107. The number of rotatable bonds is 9. The molecule has 9 nitrogen and oxygen atoms in total. The standard InChI is InChI=1S/C25H31NO8/c1-7-15(4)23(28)31-13-18(9-3)25(30)32-14-19-10-11-26-21(33-17(6)27)12-20(22(19)26)34-24(29)16(5)8-2/h7-11,20-21H,12-14H2,1-6H3/b15-7+,16-8+,18-9+/t20-,21+/m0/s1. The first-order chi connectivity index (χ1) is 16.1. The molecule has 1 aliphatic rings. The average molecular weight is 474 g/mol. The molecule has 34 heavy (non-hydrogen) atoms. The molecule has 0 radical (unpaired) electrons. The Morgan fingerprint density at radius 2 is 1.56 bits per heavy atom. The lowest BCUT2D eigenvalue weighted by Crippen LogP contribution is -2.16. The summed E-state index contributed by atoms with van der Waals surface area (Å²) in [5, 5.41) is 0. The van der Waals surface area contributed by atoms with Gasteiger partial charge >= 0.3 is 23.9 Å². The van der Waals surface area contributed by atoms with E-state index in [4.69, 9.17) is 18.9 Å². The van der Waals surface area contributed by atoms with Crippen molar-refractivity contribution >= 4 is 23.9 Å². The summed E-state index contributed by atoms with van der Waals surface area (Å²) in [6.45, 7) is 9.34. The van der Waals surface area contributed by atoms with Crippen LogP contribution in [0.2, 0.25) is 0 Å². The molecule has 0 aromatic carbocycles. The lowest BCUT2D eigenvalue weighted by molar-refractivity contribution is -0.153. The predicted molar refractivity (Wildman–Crippen MR) is 122 cm³/mol. The fourth-order valence-corrected chi connectivity index (χ4v) is 3.27. The van der Waals surface area contributed by atoms with Gasteiger partial charge in [0.2, 0.25) is 0 Å². The van der Waals surface area contributed by atoms with Gasteiger partial charge in [-0.3, -0.25) is 4.79 Å². The number of carbonyl (C=O) groups excluding carboxylic acids is 4. The highest BCUT2D eigenvalue weighted by Gasteiger charge is 2.37. The third kappa shape index (κ3) is 6.46. The van der Waals surface area contributed by atoms with Gasteiger partial charge in [-0.2, -0.15) is 0 Å². The van der Waals surface area contributed by atoms with E-state index in [0.29, 0.717) is 22.4 Å². The summed E-state index contributed by atoms with van der Waals surface area (Å²) >= 11 is 0. The van der Waals surface area contributed by atoms with Crippen LogP contribution in [0.5, 0.6) is 0 Å². The Morgan fingerprint density at radius 1 is 0.912 bits per heavy atom. The zero-order valence-electron chi connectivity index (χ0n) is 20.4. The van der Waals surface area contributed by atoms with E-state index in [1.54, 1.807) is 63.6 Å². The van der Waals surface area contributed by atoms with Crippen molar-refractivity contribution in [3.63, 3.8) is 0 Å². The zero-order valence-corrected chi connectivity index (χ0v) is 20.4. The van der Waals surface area contributed by atoms with Crippen molar-refractivity contribution in [2.75, 3.05) is 6.61 Å². The quantitative estimate of drug-likeness (QED) is 0.301. The van der Waals surface area contributed by atoms with Gasteiger partial charge in [0.1, 0.15) is 19.3 Å². The van der Waals surface area contributed by atoms with E-state index in [0.717, 1.165) is 0 Å². The maximum atomic E-state index is 12.6. The minimum atomic E-state index is -0.679. The SMILES string of the molecule is C/C=C(\C)C(=O)OC/C(=C\C)C(=O)OCc1ccn2c1[C@@H](OC(=O)/C(C)=C/C)C[C@H]2OC(C)=O. The first-order valence-corrected chi connectivity index (χ1v) is 11.0. The van der Waals surface area contributed by atoms with Crippen LogP contribution in [0, 0.1) is 0 Å². The van der Waals surface area contributed by atoms with Crippen LogP contribution in [-0.2, 0) is 44.7 Å². The highest BCUT2D eigenvalue weighted by atomic mass is 16.6. The molecule has 0 unspecified atom stereocenters. The molecule has 1 aromatic heterocycles. The molecule has 0 aliphatic carbocycles. The van der Waals surface area contributed by atoms with Crippen LogP contribution in [-0.4, -0.2) is 35.1 Å². The maximum absolute atomic E-state index is 12.6. The number of hydrogen-bond acceptors (Lipinski definition) is 8. The van der Waals surface area contributed by atoms with Crippen LogP contribution in [0.1, 0.15) is 71.6 Å². The highest BCUT2D eigenvalue weighted by molar-refractivity contribution is 5.91. The van der Waals surface area contributed by atoms with E-state index in [-0.39, 0.29) is 25.2 Å². The van der Waals surface area contributed by atoms with Crippen LogP contribution in [0.15, 0.2) is 47.2 Å². The number of carbonyl (C=O) groups is 4. The molecular formula is C25H31NO8. The maximum Gasteiger partial charge on any atom is 0.337 e. The van der Waals surface area contributed by atoms with Crippen molar-refractivity contribution in [3.8, 4) is 0 Å². The van der Waals surface area contributed by atoms with Crippen molar-refractivity contribution in [1.29, 1.82) is 0 Å². The van der Waals surface area contributed by atoms with Crippen LogP contribution < -0.4 is 0 Å². The summed E-state index contributed by atoms with van der Waals surface area (Å²) < 4.78 is 23.3. The molecule has 0 spiro atoms. The Hall–Kier alpha value is -3.62. The number of ether oxygens (including phenoxy) is 4. The number of esters is 4. The summed E-state index contributed by atoms with van der Waals surface area (Å²) in [5.74, 6) is -2.10. The van der Waals surface area contributed by atoms with Gasteiger partial charge in [-0.25, -0.2) is 14.4 Å². The van der Waals surface area contributed by atoms with Gasteiger partial charge in [0.05, 0.1) is 11.3 Å². The van der Waals surface area contributed by atoms with Crippen LogP contribution >= 0.6 is 0 Å². The Bertz CT molecular complexity index is 1040. The molecule has 0 bridgehead atoms. The second kappa shape index (κ2) is 12.0. The molecule has 0 saturated heterocycles. The second-order valence-electron chi connectivity index (χ2n) is 7.74. The molecular weight excluding hydrogens is 442 g/mol. The molecule has 2 atom stereocenters. The number of fused-ring (bicyclic) bond motifs is 1. The van der Waals surface area contributed by atoms with Crippen molar-refractivity contribution in [2.45, 2.75) is 66.9 Å². The van der Waals surface area contributed by atoms with Gasteiger partial charge in [-0.05, 0) is 40.7 Å². The van der Waals surface area contributed by atoms with E-state index >= 15 is 0 Å². The summed E-state index contributed by atoms with van der Waals surface area (Å²) in [6, 6.07) is 1.71. The van der Waals surface area contributed by atoms with E-state index in [9.17, 15) is 19.2 Å². The summed E-state index contributed by atoms with van der Waals surface area (Å²) in [7, 11) is 0. The second-order valence-corrected chi connectivity index (χ2v) is 7.74. The third-order valence-electron chi connectivity index (χ3n) is 5.46. The monoisotopic (exact) mass is 473 g/mol. The molecule has 1 aromatic rings. The lowest BCUT2D eigenvalue weighted by Gasteiger charge is -2.15. The Balaban J connectivity index is 2.14. The smallest absolute Gasteiger partial charge is 0.337 e. The van der Waals surface area contributed by atoms with Gasteiger partial charge in [0.25, 0.3) is 0 Å². The van der Waals surface area contributed by atoms with Gasteiger partial charge in [-0.1, -0.05) is 18.2 Å². The largest absolute Gasteiger partial charge is 0.457 e. The van der Waals surface area contributed by atoms with Crippen LogP contribution in [0.25, 0.3) is 0 Å². The average Bonchev–Trinajstić information content (AvgIpc) is 3.37. The topological polar surface area (TPSA) is 110 Å². The van der Waals surface area contributed by atoms with Crippen molar-refractivity contribution in [1.82, 2.24) is 4.57 Å². The minimum Gasteiger partial charge on any atom is -0.457 e. The van der Waals surface area contributed by atoms with Crippen LogP contribution in [0.4, 0.5) is 0 Å². The molecule has 1 aliphatic heterocycles. The number of allylic oxidation sites excluding steroid dienone is 3. The van der Waals surface area contributed by atoms with E-state index < -0.39 is 36.2 Å². The van der Waals surface area contributed by atoms with Crippen molar-refractivity contribution in [2.24, 2.45) is 0 Å². The Morgan fingerprint density at radius 3 is 2.15 bits per heavy atom. The first kappa shape index (κ1) is 26.6. The first-order valence-electron chi connectivity index (χ1n) is 11.0. The number of aromatic nitrogens is 1. The predicted octanol–water partition coefficient (Wildman–Crippen LogP) is 4.00. The van der Waals surface area contributed by atoms with Gasteiger partial charge in [0, 0.05) is 36.3 Å². The summed E-state index contributed by atoms with van der Waals surface area (Å²) in [4.78, 5) is 48.3. The van der Waals surface area contributed by atoms with Crippen LogP contribution in [0.3, 0.4) is 0 Å². The molecule has 2 heterocycles.